The number of halogens is 4. The predicted molar refractivity (Wildman–Crippen MR) is 147 cm³/mol. The molecule has 1 saturated heterocycles. The van der Waals surface area contributed by atoms with Crippen LogP contribution in [0, 0.1) is 0 Å². The average molecular weight is 658 g/mol. The molecule has 3 aromatic carbocycles. The van der Waals surface area contributed by atoms with Gasteiger partial charge in [-0.15, -0.1) is 0 Å². The minimum absolute atomic E-state index is 0.0966. The van der Waals surface area contributed by atoms with Crippen LogP contribution in [0.1, 0.15) is 16.7 Å². The molecule has 0 N–H and O–H groups in total. The predicted octanol–water partition coefficient (Wildman–Crippen LogP) is 8.34. The number of hydrogen-bond acceptors (Lipinski definition) is 5. The molecule has 1 aliphatic rings. The monoisotopic (exact) mass is 655 g/mol. The molecule has 10 heteroatoms. The summed E-state index contributed by atoms with van der Waals surface area (Å²) in [5.41, 5.74) is 2.37. The van der Waals surface area contributed by atoms with Gasteiger partial charge in [0.1, 0.15) is 6.61 Å². The Morgan fingerprint density at radius 2 is 1.71 bits per heavy atom. The quantitative estimate of drug-likeness (QED) is 0.239. The number of carbonyl (C=O) groups is 2. The molecule has 3 aromatic rings. The van der Waals surface area contributed by atoms with Gasteiger partial charge in [0.2, 0.25) is 0 Å². The summed E-state index contributed by atoms with van der Waals surface area (Å²) in [6.45, 7) is 0.453. The summed E-state index contributed by atoms with van der Waals surface area (Å²) in [6, 6.07) is 16.5. The molecule has 35 heavy (non-hydrogen) atoms. The first-order valence-corrected chi connectivity index (χ1v) is 13.4. The van der Waals surface area contributed by atoms with E-state index >= 15 is 0 Å². The van der Waals surface area contributed by atoms with Gasteiger partial charge in [0.25, 0.3) is 11.1 Å². The molecule has 1 aliphatic heterocycles. The Bertz CT molecular complexity index is 1330. The van der Waals surface area contributed by atoms with Crippen LogP contribution in [0.25, 0.3) is 6.08 Å². The van der Waals surface area contributed by atoms with Gasteiger partial charge >= 0.3 is 0 Å². The maximum Gasteiger partial charge on any atom is 0.293 e. The van der Waals surface area contributed by atoms with Crippen LogP contribution in [0.4, 0.5) is 4.79 Å². The van der Waals surface area contributed by atoms with Crippen molar-refractivity contribution in [2.75, 3.05) is 7.11 Å². The zero-order valence-corrected chi connectivity index (χ0v) is 23.7. The zero-order valence-electron chi connectivity index (χ0n) is 18.2. The van der Waals surface area contributed by atoms with E-state index in [-0.39, 0.29) is 11.8 Å². The lowest BCUT2D eigenvalue weighted by atomic mass is 10.1. The highest BCUT2D eigenvalue weighted by Crippen LogP contribution is 2.45. The summed E-state index contributed by atoms with van der Waals surface area (Å²) >= 11 is 20.0. The molecule has 0 aromatic heterocycles. The van der Waals surface area contributed by atoms with Crippen molar-refractivity contribution < 1.29 is 19.1 Å². The van der Waals surface area contributed by atoms with Crippen LogP contribution in [-0.2, 0) is 17.9 Å². The number of nitrogens with zero attached hydrogens (tertiary/aromatic N) is 1. The molecule has 5 nitrogen and oxygen atoms in total. The number of rotatable bonds is 7. The Balaban J connectivity index is 1.58. The summed E-state index contributed by atoms with van der Waals surface area (Å²) in [5.74, 6) is 0.614. The summed E-state index contributed by atoms with van der Waals surface area (Å²) in [6.07, 6.45) is 1.65. The average Bonchev–Trinajstić information content (AvgIpc) is 3.11. The fourth-order valence-corrected chi connectivity index (χ4v) is 5.42. The number of hydrogen-bond donors (Lipinski definition) is 0. The fraction of sp³-hybridized carbons (Fsp3) is 0.120. The molecule has 0 radical (unpaired) electrons. The number of imide groups is 1. The number of amides is 2. The van der Waals surface area contributed by atoms with Crippen molar-refractivity contribution in [2.45, 2.75) is 13.2 Å². The third kappa shape index (κ3) is 5.89. The Kier molecular flexibility index (Phi) is 8.50. The molecule has 0 unspecified atom stereocenters. The first-order valence-electron chi connectivity index (χ1n) is 10.2. The molecule has 1 heterocycles. The summed E-state index contributed by atoms with van der Waals surface area (Å²) in [5, 5.41) is 0.407. The normalized spacial score (nSPS) is 14.7. The van der Waals surface area contributed by atoms with Gasteiger partial charge in [-0.1, -0.05) is 59.6 Å². The Hall–Kier alpha value is -1.97. The molecule has 0 aliphatic carbocycles. The molecular formula is C25H17Br2Cl2NO4S. The minimum Gasteiger partial charge on any atom is -0.493 e. The van der Waals surface area contributed by atoms with Crippen molar-refractivity contribution in [3.63, 3.8) is 0 Å². The van der Waals surface area contributed by atoms with Crippen molar-refractivity contribution in [1.82, 2.24) is 4.90 Å². The number of ether oxygens (including phenoxy) is 2. The van der Waals surface area contributed by atoms with Crippen LogP contribution in [0.15, 0.2) is 68.4 Å². The molecule has 0 bridgehead atoms. The van der Waals surface area contributed by atoms with Crippen molar-refractivity contribution in [3.05, 3.63) is 95.2 Å². The maximum absolute atomic E-state index is 13.0. The second-order valence-electron chi connectivity index (χ2n) is 7.42. The van der Waals surface area contributed by atoms with E-state index in [2.05, 4.69) is 31.9 Å². The number of thioether (sulfide) groups is 1. The summed E-state index contributed by atoms with van der Waals surface area (Å²) < 4.78 is 12.9. The van der Waals surface area contributed by atoms with Crippen molar-refractivity contribution in [2.24, 2.45) is 0 Å². The van der Waals surface area contributed by atoms with E-state index in [0.717, 1.165) is 17.3 Å². The lowest BCUT2D eigenvalue weighted by molar-refractivity contribution is -0.123. The lowest BCUT2D eigenvalue weighted by Crippen LogP contribution is -2.27. The zero-order chi connectivity index (χ0) is 25.1. The standard InChI is InChI=1S/C25H17Br2Cl2NO4S/c1-33-19-10-16(21(26)22(27)23(19)34-13-14-5-3-2-4-6-14)11-20-24(31)30(25(32)35-20)12-15-7-8-17(28)18(29)9-15/h2-11H,12-13H2,1H3/b20-11-. The molecule has 4 rings (SSSR count). The van der Waals surface area contributed by atoms with E-state index < -0.39 is 5.91 Å². The van der Waals surface area contributed by atoms with Gasteiger partial charge in [-0.2, -0.15) is 0 Å². The third-order valence-corrected chi connectivity index (χ3v) is 8.88. The van der Waals surface area contributed by atoms with E-state index in [1.54, 1.807) is 37.5 Å². The highest BCUT2D eigenvalue weighted by Gasteiger charge is 2.35. The van der Waals surface area contributed by atoms with Gasteiger partial charge in [-0.3, -0.25) is 14.5 Å². The lowest BCUT2D eigenvalue weighted by Gasteiger charge is -2.16. The van der Waals surface area contributed by atoms with Gasteiger partial charge < -0.3 is 9.47 Å². The highest BCUT2D eigenvalue weighted by atomic mass is 79.9. The maximum atomic E-state index is 13.0. The van der Waals surface area contributed by atoms with E-state index in [9.17, 15) is 9.59 Å². The second-order valence-corrected chi connectivity index (χ2v) is 10.8. The number of carbonyl (C=O) groups excluding carboxylic acids is 2. The molecule has 2 amide bonds. The van der Waals surface area contributed by atoms with Crippen molar-refractivity contribution in [3.8, 4) is 11.5 Å². The van der Waals surface area contributed by atoms with Gasteiger partial charge in [-0.05, 0) is 84.6 Å². The number of methoxy groups -OCH3 is 1. The third-order valence-electron chi connectivity index (χ3n) is 5.09. The van der Waals surface area contributed by atoms with Gasteiger partial charge in [0.05, 0.1) is 33.1 Å². The first kappa shape index (κ1) is 26.1. The van der Waals surface area contributed by atoms with Crippen molar-refractivity contribution in [1.29, 1.82) is 0 Å². The van der Waals surface area contributed by atoms with E-state index in [1.807, 2.05) is 30.3 Å². The number of benzene rings is 3. The smallest absolute Gasteiger partial charge is 0.293 e. The van der Waals surface area contributed by atoms with Crippen LogP contribution in [0.2, 0.25) is 10.0 Å². The van der Waals surface area contributed by atoms with E-state index in [4.69, 9.17) is 32.7 Å². The van der Waals surface area contributed by atoms with Crippen LogP contribution in [0.3, 0.4) is 0 Å². The largest absolute Gasteiger partial charge is 0.493 e. The first-order chi connectivity index (χ1) is 16.8. The minimum atomic E-state index is -0.391. The van der Waals surface area contributed by atoms with Crippen LogP contribution in [0.5, 0.6) is 11.5 Å². The molecule has 1 fully saturated rings. The molecule has 0 saturated carbocycles. The summed E-state index contributed by atoms with van der Waals surface area (Å²) in [4.78, 5) is 27.1. The van der Waals surface area contributed by atoms with Crippen LogP contribution < -0.4 is 9.47 Å². The molecule has 180 valence electrons. The highest BCUT2D eigenvalue weighted by molar-refractivity contribution is 9.13. The topological polar surface area (TPSA) is 55.8 Å². The van der Waals surface area contributed by atoms with Crippen LogP contribution >= 0.6 is 66.8 Å². The Labute approximate surface area is 233 Å². The van der Waals surface area contributed by atoms with Gasteiger partial charge in [0.15, 0.2) is 11.5 Å². The Morgan fingerprint density at radius 3 is 2.40 bits per heavy atom. The van der Waals surface area contributed by atoms with Gasteiger partial charge in [-0.25, -0.2) is 0 Å². The second kappa shape index (κ2) is 11.4. The van der Waals surface area contributed by atoms with Crippen molar-refractivity contribution >= 4 is 84.0 Å². The van der Waals surface area contributed by atoms with E-state index in [1.165, 1.54) is 4.90 Å². The summed E-state index contributed by atoms with van der Waals surface area (Å²) in [7, 11) is 1.54. The SMILES string of the molecule is COc1cc(/C=C2\SC(=O)N(Cc3ccc(Cl)c(Cl)c3)C2=O)c(Br)c(Br)c1OCc1ccccc1. The fourth-order valence-electron chi connectivity index (χ4n) is 3.32. The molecule has 0 atom stereocenters. The Morgan fingerprint density at radius 1 is 0.971 bits per heavy atom. The van der Waals surface area contributed by atoms with E-state index in [0.29, 0.717) is 53.1 Å². The molecular weight excluding hydrogens is 641 g/mol. The molecule has 0 spiro atoms. The van der Waals surface area contributed by atoms with Gasteiger partial charge in [0, 0.05) is 4.47 Å². The van der Waals surface area contributed by atoms with Crippen LogP contribution in [-0.4, -0.2) is 23.2 Å².